The van der Waals surface area contributed by atoms with Gasteiger partial charge in [-0.05, 0) is 55.8 Å². The van der Waals surface area contributed by atoms with Crippen molar-refractivity contribution in [3.05, 3.63) is 46.1 Å². The zero-order chi connectivity index (χ0) is 24.5. The van der Waals surface area contributed by atoms with Crippen LogP contribution in [0.1, 0.15) is 50.8 Å². The van der Waals surface area contributed by atoms with Crippen LogP contribution in [0.2, 0.25) is 0 Å². The number of hydrogen-bond acceptors (Lipinski definition) is 7. The largest absolute Gasteiger partial charge is 0.396 e. The number of aromatic nitrogens is 4. The molecule has 0 aromatic carbocycles. The van der Waals surface area contributed by atoms with Gasteiger partial charge < -0.3 is 20.7 Å². The van der Waals surface area contributed by atoms with E-state index >= 15 is 0 Å². The zero-order valence-electron chi connectivity index (χ0n) is 20.6. The average Bonchev–Trinajstić information content (AvgIpc) is 3.16. The third-order valence-electron chi connectivity index (χ3n) is 5.63. The second kappa shape index (κ2) is 12.9. The zero-order valence-corrected chi connectivity index (χ0v) is 21.4. The van der Waals surface area contributed by atoms with Crippen LogP contribution in [0.25, 0.3) is 10.8 Å². The van der Waals surface area contributed by atoms with Gasteiger partial charge in [0.15, 0.2) is 0 Å². The molecule has 0 aliphatic heterocycles. The Labute approximate surface area is 206 Å². The summed E-state index contributed by atoms with van der Waals surface area (Å²) in [6, 6.07) is 4.08. The van der Waals surface area contributed by atoms with Crippen LogP contribution in [-0.4, -0.2) is 49.9 Å². The van der Waals surface area contributed by atoms with E-state index in [-0.39, 0.29) is 12.2 Å². The van der Waals surface area contributed by atoms with Crippen LogP contribution < -0.4 is 16.6 Å². The van der Waals surface area contributed by atoms with Gasteiger partial charge in [-0.25, -0.2) is 9.67 Å². The molecule has 4 N–H and O–H groups in total. The van der Waals surface area contributed by atoms with E-state index < -0.39 is 0 Å². The van der Waals surface area contributed by atoms with Gasteiger partial charge in [-0.3, -0.25) is 4.79 Å². The van der Waals surface area contributed by atoms with E-state index in [0.717, 1.165) is 77.4 Å². The lowest BCUT2D eigenvalue weighted by Gasteiger charge is -2.11. The smallest absolute Gasteiger partial charge is 0.277 e. The number of pyridine rings is 1. The van der Waals surface area contributed by atoms with Crippen LogP contribution in [-0.2, 0) is 20.0 Å². The number of hydrogen-bond donors (Lipinski definition) is 3. The minimum atomic E-state index is -0.0812. The lowest BCUT2D eigenvalue weighted by molar-refractivity contribution is 0.296. The first-order valence-corrected chi connectivity index (χ1v) is 13.1. The number of rotatable bonds is 14. The summed E-state index contributed by atoms with van der Waals surface area (Å²) in [5.41, 5.74) is 7.55. The maximum Gasteiger partial charge on any atom is 0.277 e. The number of anilines is 1. The van der Waals surface area contributed by atoms with Crippen molar-refractivity contribution in [1.29, 1.82) is 0 Å². The molecule has 0 fully saturated rings. The Morgan fingerprint density at radius 2 is 2.06 bits per heavy atom. The molecule has 0 atom stereocenters. The molecular weight excluding hydrogens is 448 g/mol. The Bertz CT molecular complexity index is 1120. The fraction of sp³-hybridized carbons (Fsp3) is 0.560. The molecular formula is C25H38N6O2S. The van der Waals surface area contributed by atoms with Crippen LogP contribution in [0.5, 0.6) is 0 Å². The third-order valence-corrected chi connectivity index (χ3v) is 6.83. The minimum absolute atomic E-state index is 0.0812. The second-order valence-corrected chi connectivity index (χ2v) is 10.2. The van der Waals surface area contributed by atoms with Gasteiger partial charge in [-0.2, -0.15) is 5.10 Å². The van der Waals surface area contributed by atoms with E-state index in [1.165, 1.54) is 4.68 Å². The highest BCUT2D eigenvalue weighted by atomic mass is 32.2. The number of aliphatic hydroxyl groups excluding tert-OH is 1. The molecule has 34 heavy (non-hydrogen) atoms. The van der Waals surface area contributed by atoms with Gasteiger partial charge in [0.1, 0.15) is 5.82 Å². The molecule has 0 aliphatic rings. The molecule has 3 aromatic heterocycles. The SMILES string of the molecule is CC(C)Cc1nn(C)c(=O)c2c(SCCCO)n(Cc3ccnc(NCCCCCN)c3)cc12. The predicted octanol–water partition coefficient (Wildman–Crippen LogP) is 3.39. The summed E-state index contributed by atoms with van der Waals surface area (Å²) < 4.78 is 3.61. The highest BCUT2D eigenvalue weighted by molar-refractivity contribution is 7.99. The van der Waals surface area contributed by atoms with E-state index in [2.05, 4.69) is 46.1 Å². The lowest BCUT2D eigenvalue weighted by atomic mass is 10.1. The molecule has 0 amide bonds. The molecule has 3 aromatic rings. The molecule has 3 heterocycles. The first-order valence-electron chi connectivity index (χ1n) is 12.2. The maximum absolute atomic E-state index is 13.1. The molecule has 0 saturated heterocycles. The standard InChI is InChI=1S/C25H38N6O2S/c1-18(2)14-21-20-17-31(25(34-13-7-12-32)23(20)24(33)30(3)29-21)16-19-8-11-28-22(15-19)27-10-6-4-5-9-26/h8,11,15,17-18,32H,4-7,9-10,12-14,16,26H2,1-3H3,(H,27,28). The first kappa shape index (κ1) is 26.2. The van der Waals surface area contributed by atoms with E-state index in [4.69, 9.17) is 5.73 Å². The number of nitrogens with two attached hydrogens (primary N) is 1. The topological polar surface area (TPSA) is 111 Å². The predicted molar refractivity (Wildman–Crippen MR) is 141 cm³/mol. The Morgan fingerprint density at radius 1 is 1.24 bits per heavy atom. The van der Waals surface area contributed by atoms with E-state index in [1.807, 2.05) is 12.3 Å². The number of fused-ring (bicyclic) bond motifs is 1. The van der Waals surface area contributed by atoms with Gasteiger partial charge in [0.25, 0.3) is 5.56 Å². The number of aryl methyl sites for hydroxylation is 1. The number of nitrogens with one attached hydrogen (secondary N) is 1. The Morgan fingerprint density at radius 3 is 2.79 bits per heavy atom. The minimum Gasteiger partial charge on any atom is -0.396 e. The van der Waals surface area contributed by atoms with E-state index in [1.54, 1.807) is 18.8 Å². The number of thioether (sulfide) groups is 1. The van der Waals surface area contributed by atoms with Crippen molar-refractivity contribution >= 4 is 28.4 Å². The normalized spacial score (nSPS) is 11.6. The highest BCUT2D eigenvalue weighted by Gasteiger charge is 2.19. The third kappa shape index (κ3) is 6.84. The van der Waals surface area contributed by atoms with Gasteiger partial charge in [0, 0.05) is 50.3 Å². The van der Waals surface area contributed by atoms with Crippen molar-refractivity contribution in [3.63, 3.8) is 0 Å². The Kier molecular flexibility index (Phi) is 9.98. The quantitative estimate of drug-likeness (QED) is 0.237. The summed E-state index contributed by atoms with van der Waals surface area (Å²) in [4.78, 5) is 17.6. The van der Waals surface area contributed by atoms with Gasteiger partial charge in [-0.1, -0.05) is 20.3 Å². The van der Waals surface area contributed by atoms with Crippen LogP contribution in [0, 0.1) is 5.92 Å². The summed E-state index contributed by atoms with van der Waals surface area (Å²) in [6.45, 7) is 6.68. The van der Waals surface area contributed by atoms with Crippen molar-refractivity contribution in [2.75, 3.05) is 30.8 Å². The maximum atomic E-state index is 13.1. The van der Waals surface area contributed by atoms with Crippen LogP contribution >= 0.6 is 11.8 Å². The molecule has 0 bridgehead atoms. The number of aliphatic hydroxyl groups is 1. The summed E-state index contributed by atoms with van der Waals surface area (Å²) in [6.07, 6.45) is 8.59. The van der Waals surface area contributed by atoms with Gasteiger partial charge >= 0.3 is 0 Å². The van der Waals surface area contributed by atoms with E-state index in [9.17, 15) is 9.90 Å². The summed E-state index contributed by atoms with van der Waals surface area (Å²) >= 11 is 1.62. The Hall–Kier alpha value is -2.36. The van der Waals surface area contributed by atoms with Crippen molar-refractivity contribution in [1.82, 2.24) is 19.3 Å². The lowest BCUT2D eigenvalue weighted by Crippen LogP contribution is -2.22. The van der Waals surface area contributed by atoms with Crippen molar-refractivity contribution < 1.29 is 5.11 Å². The Balaban J connectivity index is 1.93. The molecule has 9 heteroatoms. The second-order valence-electron chi connectivity index (χ2n) is 9.08. The molecule has 0 unspecified atom stereocenters. The van der Waals surface area contributed by atoms with Gasteiger partial charge in [-0.15, -0.1) is 11.8 Å². The van der Waals surface area contributed by atoms with Crippen LogP contribution in [0.15, 0.2) is 34.3 Å². The molecule has 3 rings (SSSR count). The summed E-state index contributed by atoms with van der Waals surface area (Å²) in [7, 11) is 1.72. The van der Waals surface area contributed by atoms with Crippen molar-refractivity contribution in [2.24, 2.45) is 18.7 Å². The van der Waals surface area contributed by atoms with Crippen molar-refractivity contribution in [3.8, 4) is 0 Å². The molecule has 0 aliphatic carbocycles. The fourth-order valence-electron chi connectivity index (χ4n) is 3.98. The summed E-state index contributed by atoms with van der Waals surface area (Å²) in [5.74, 6) is 2.03. The number of unbranched alkanes of at least 4 members (excludes halogenated alkanes) is 2. The molecule has 186 valence electrons. The molecule has 8 nitrogen and oxygen atoms in total. The molecule has 0 spiro atoms. The summed E-state index contributed by atoms with van der Waals surface area (Å²) in [5, 5.41) is 19.9. The van der Waals surface area contributed by atoms with Crippen LogP contribution in [0.4, 0.5) is 5.82 Å². The highest BCUT2D eigenvalue weighted by Crippen LogP contribution is 2.31. The fourth-order valence-corrected chi connectivity index (χ4v) is 5.07. The number of nitrogens with zero attached hydrogens (tertiary/aromatic N) is 4. The van der Waals surface area contributed by atoms with Crippen LogP contribution in [0.3, 0.4) is 0 Å². The van der Waals surface area contributed by atoms with E-state index in [0.29, 0.717) is 18.9 Å². The van der Waals surface area contributed by atoms with Crippen molar-refractivity contribution in [2.45, 2.75) is 57.5 Å². The monoisotopic (exact) mass is 486 g/mol. The molecule has 0 radical (unpaired) electrons. The first-order chi connectivity index (χ1) is 16.4. The van der Waals surface area contributed by atoms with Gasteiger partial charge in [0.2, 0.25) is 0 Å². The molecule has 0 saturated carbocycles. The average molecular weight is 487 g/mol. The van der Waals surface area contributed by atoms with Gasteiger partial charge in [0.05, 0.1) is 16.1 Å².